The molecule has 0 aromatic heterocycles. The minimum atomic E-state index is -0.402. The van der Waals surface area contributed by atoms with Crippen LogP contribution in [0.4, 0.5) is 0 Å². The van der Waals surface area contributed by atoms with Crippen LogP contribution < -0.4 is 14.2 Å². The number of fused-ring (bicyclic) bond motifs is 3. The van der Waals surface area contributed by atoms with E-state index in [1.165, 1.54) is 0 Å². The highest BCUT2D eigenvalue weighted by Gasteiger charge is 2.42. The Balaban J connectivity index is 1.65. The van der Waals surface area contributed by atoms with Crippen LogP contribution in [0.3, 0.4) is 0 Å². The van der Waals surface area contributed by atoms with Gasteiger partial charge in [-0.15, -0.1) is 0 Å². The van der Waals surface area contributed by atoms with Gasteiger partial charge in [-0.25, -0.2) is 5.01 Å². The summed E-state index contributed by atoms with van der Waals surface area (Å²) in [5, 5.41) is 7.05. The fourth-order valence-electron chi connectivity index (χ4n) is 4.13. The molecule has 5 nitrogen and oxygen atoms in total. The topological polar surface area (TPSA) is 43.3 Å². The molecule has 0 bridgehead atoms. The molecule has 0 spiro atoms. The highest BCUT2D eigenvalue weighted by Crippen LogP contribution is 2.51. The van der Waals surface area contributed by atoms with Crippen LogP contribution in [0.1, 0.15) is 35.4 Å². The lowest BCUT2D eigenvalue weighted by Crippen LogP contribution is -2.34. The molecule has 2 aliphatic rings. The molecule has 2 aliphatic heterocycles. The highest BCUT2D eigenvalue weighted by molar-refractivity contribution is 6.01. The molecule has 0 saturated heterocycles. The average Bonchev–Trinajstić information content (AvgIpc) is 3.24. The van der Waals surface area contributed by atoms with Gasteiger partial charge in [-0.2, -0.15) is 5.10 Å². The van der Waals surface area contributed by atoms with Crippen LogP contribution in [0.15, 0.2) is 77.9 Å². The van der Waals surface area contributed by atoms with Crippen LogP contribution in [0.5, 0.6) is 17.2 Å². The van der Waals surface area contributed by atoms with Gasteiger partial charge in [0.2, 0.25) is 6.23 Å². The van der Waals surface area contributed by atoms with E-state index >= 15 is 0 Å². The molecule has 0 saturated carbocycles. The lowest BCUT2D eigenvalue weighted by Gasteiger charge is -2.39. The Morgan fingerprint density at radius 1 is 0.828 bits per heavy atom. The first kappa shape index (κ1) is 17.6. The van der Waals surface area contributed by atoms with Gasteiger partial charge in [-0.05, 0) is 23.8 Å². The van der Waals surface area contributed by atoms with E-state index in [-0.39, 0.29) is 6.04 Å². The van der Waals surface area contributed by atoms with E-state index in [2.05, 4.69) is 23.2 Å². The molecule has 5 heteroatoms. The molecule has 0 fully saturated rings. The normalized spacial score (nSPS) is 19.7. The molecule has 0 amide bonds. The van der Waals surface area contributed by atoms with Gasteiger partial charge in [0, 0.05) is 12.0 Å². The van der Waals surface area contributed by atoms with Gasteiger partial charge in [0.05, 0.1) is 31.5 Å². The summed E-state index contributed by atoms with van der Waals surface area (Å²) in [6.07, 6.45) is 0.403. The maximum atomic E-state index is 6.49. The van der Waals surface area contributed by atoms with Crippen LogP contribution >= 0.6 is 0 Å². The van der Waals surface area contributed by atoms with E-state index in [1.54, 1.807) is 14.2 Å². The predicted octanol–water partition coefficient (Wildman–Crippen LogP) is 4.95. The minimum absolute atomic E-state index is 0.0685. The van der Waals surface area contributed by atoms with Gasteiger partial charge in [-0.3, -0.25) is 0 Å². The summed E-state index contributed by atoms with van der Waals surface area (Å²) < 4.78 is 17.7. The van der Waals surface area contributed by atoms with E-state index in [4.69, 9.17) is 19.3 Å². The van der Waals surface area contributed by atoms with Crippen molar-refractivity contribution in [1.29, 1.82) is 0 Å². The molecule has 0 aliphatic carbocycles. The van der Waals surface area contributed by atoms with Crippen molar-refractivity contribution < 1.29 is 14.2 Å². The third-order valence-corrected chi connectivity index (χ3v) is 5.51. The molecule has 3 aromatic carbocycles. The standard InChI is InChI=1S/C24H22N2O3/c1-27-21-13-7-6-11-18(21)24-26-20(15-19(25-26)16-9-4-3-5-10-16)17-12-8-14-22(28-2)23(17)29-24/h3-14,20,24H,15H2,1-2H3/t20-,24-/m0/s1. The molecule has 29 heavy (non-hydrogen) atoms. The third-order valence-electron chi connectivity index (χ3n) is 5.51. The highest BCUT2D eigenvalue weighted by atomic mass is 16.5. The summed E-state index contributed by atoms with van der Waals surface area (Å²) >= 11 is 0. The Morgan fingerprint density at radius 2 is 1.52 bits per heavy atom. The molecular formula is C24H22N2O3. The van der Waals surface area contributed by atoms with Gasteiger partial charge in [-0.1, -0.05) is 54.6 Å². The summed E-state index contributed by atoms with van der Waals surface area (Å²) in [7, 11) is 3.35. The smallest absolute Gasteiger partial charge is 0.217 e. The summed E-state index contributed by atoms with van der Waals surface area (Å²) in [6.45, 7) is 0. The Kier molecular flexibility index (Phi) is 4.35. The maximum Gasteiger partial charge on any atom is 0.217 e. The molecular weight excluding hydrogens is 364 g/mol. The number of hydrazone groups is 1. The number of rotatable bonds is 4. The second-order valence-corrected chi connectivity index (χ2v) is 7.10. The SMILES string of the molecule is COc1ccccc1[C@@H]1Oc2c(OC)cccc2[C@@H]2CC(c3ccccc3)=NN21. The quantitative estimate of drug-likeness (QED) is 0.637. The Hall–Kier alpha value is -3.47. The minimum Gasteiger partial charge on any atom is -0.496 e. The lowest BCUT2D eigenvalue weighted by molar-refractivity contribution is -0.0221. The van der Waals surface area contributed by atoms with E-state index in [9.17, 15) is 0 Å². The predicted molar refractivity (Wildman–Crippen MR) is 112 cm³/mol. The van der Waals surface area contributed by atoms with E-state index in [0.29, 0.717) is 0 Å². The van der Waals surface area contributed by atoms with Crippen molar-refractivity contribution in [3.8, 4) is 17.2 Å². The summed E-state index contributed by atoms with van der Waals surface area (Å²) in [4.78, 5) is 0. The zero-order chi connectivity index (χ0) is 19.8. The van der Waals surface area contributed by atoms with Gasteiger partial charge in [0.1, 0.15) is 5.75 Å². The average molecular weight is 386 g/mol. The third kappa shape index (κ3) is 2.90. The van der Waals surface area contributed by atoms with Gasteiger partial charge in [0.15, 0.2) is 11.5 Å². The summed E-state index contributed by atoms with van der Waals surface area (Å²) in [5.74, 6) is 2.28. The Bertz CT molecular complexity index is 1060. The number of ether oxygens (including phenoxy) is 3. The number of hydrogen-bond donors (Lipinski definition) is 0. The molecule has 0 N–H and O–H groups in total. The fourth-order valence-corrected chi connectivity index (χ4v) is 4.13. The number of hydrogen-bond acceptors (Lipinski definition) is 5. The van der Waals surface area contributed by atoms with Crippen molar-refractivity contribution in [2.45, 2.75) is 18.7 Å². The van der Waals surface area contributed by atoms with Crippen molar-refractivity contribution in [2.24, 2.45) is 5.10 Å². The number of para-hydroxylation sites is 2. The zero-order valence-corrected chi connectivity index (χ0v) is 16.4. The van der Waals surface area contributed by atoms with Crippen molar-refractivity contribution in [1.82, 2.24) is 5.01 Å². The first-order valence-electron chi connectivity index (χ1n) is 9.68. The number of benzene rings is 3. The van der Waals surface area contributed by atoms with Gasteiger partial charge >= 0.3 is 0 Å². The van der Waals surface area contributed by atoms with Crippen LogP contribution in [-0.2, 0) is 0 Å². The second-order valence-electron chi connectivity index (χ2n) is 7.10. The molecule has 5 rings (SSSR count). The molecule has 2 heterocycles. The second kappa shape index (κ2) is 7.17. The maximum absolute atomic E-state index is 6.49. The van der Waals surface area contributed by atoms with Crippen molar-refractivity contribution in [2.75, 3.05) is 14.2 Å². The van der Waals surface area contributed by atoms with E-state index < -0.39 is 6.23 Å². The summed E-state index contributed by atoms with van der Waals surface area (Å²) in [5.41, 5.74) is 4.21. The fraction of sp³-hybridized carbons (Fsp3) is 0.208. The molecule has 0 radical (unpaired) electrons. The first-order valence-corrected chi connectivity index (χ1v) is 9.68. The number of nitrogens with zero attached hydrogens (tertiary/aromatic N) is 2. The molecule has 3 aromatic rings. The van der Waals surface area contributed by atoms with Crippen LogP contribution in [0, 0.1) is 0 Å². The van der Waals surface area contributed by atoms with Crippen LogP contribution in [-0.4, -0.2) is 24.9 Å². The largest absolute Gasteiger partial charge is 0.496 e. The van der Waals surface area contributed by atoms with Crippen molar-refractivity contribution in [3.63, 3.8) is 0 Å². The molecule has 0 unspecified atom stereocenters. The van der Waals surface area contributed by atoms with Gasteiger partial charge < -0.3 is 14.2 Å². The summed E-state index contributed by atoms with van der Waals surface area (Å²) in [6, 6.07) is 24.3. The van der Waals surface area contributed by atoms with Crippen molar-refractivity contribution in [3.05, 3.63) is 89.5 Å². The molecule has 2 atom stereocenters. The Morgan fingerprint density at radius 3 is 2.31 bits per heavy atom. The van der Waals surface area contributed by atoms with E-state index in [0.717, 1.165) is 46.1 Å². The first-order chi connectivity index (χ1) is 14.3. The number of methoxy groups -OCH3 is 2. The lowest BCUT2D eigenvalue weighted by atomic mass is 9.95. The monoisotopic (exact) mass is 386 g/mol. The Labute approximate surface area is 170 Å². The van der Waals surface area contributed by atoms with Crippen LogP contribution in [0.25, 0.3) is 0 Å². The van der Waals surface area contributed by atoms with Crippen LogP contribution in [0.2, 0.25) is 0 Å². The zero-order valence-electron chi connectivity index (χ0n) is 16.4. The van der Waals surface area contributed by atoms with Crippen molar-refractivity contribution >= 4 is 5.71 Å². The van der Waals surface area contributed by atoms with Gasteiger partial charge in [0.25, 0.3) is 0 Å². The molecule has 146 valence electrons. The van der Waals surface area contributed by atoms with E-state index in [1.807, 2.05) is 54.6 Å².